The van der Waals surface area contributed by atoms with Gasteiger partial charge in [-0.05, 0) is 25.5 Å². The Kier molecular flexibility index (Phi) is 5.23. The van der Waals surface area contributed by atoms with Gasteiger partial charge in [0.2, 0.25) is 5.91 Å². The fourth-order valence-corrected chi connectivity index (χ4v) is 2.90. The maximum absolute atomic E-state index is 12.6. The van der Waals surface area contributed by atoms with E-state index < -0.39 is 0 Å². The molecule has 0 saturated carbocycles. The van der Waals surface area contributed by atoms with Gasteiger partial charge in [-0.3, -0.25) is 14.6 Å². The van der Waals surface area contributed by atoms with Crippen molar-refractivity contribution >= 4 is 5.91 Å². The molecule has 0 spiro atoms. The molecule has 0 aliphatic carbocycles. The summed E-state index contributed by atoms with van der Waals surface area (Å²) in [7, 11) is 0. The molecule has 3 heterocycles. The number of rotatable bonds is 4. The molecule has 7 heteroatoms. The lowest BCUT2D eigenvalue weighted by Gasteiger charge is -2.32. The van der Waals surface area contributed by atoms with E-state index in [0.29, 0.717) is 42.5 Å². The van der Waals surface area contributed by atoms with Crippen molar-refractivity contribution in [2.75, 3.05) is 19.7 Å². The minimum atomic E-state index is -0.290. The van der Waals surface area contributed by atoms with Crippen LogP contribution in [0, 0.1) is 6.92 Å². The number of nitrogens with zero attached hydrogens (tertiary/aromatic N) is 3. The predicted octanol–water partition coefficient (Wildman–Crippen LogP) is 1.32. The Balaban J connectivity index is 1.79. The van der Waals surface area contributed by atoms with Gasteiger partial charge in [0, 0.05) is 30.5 Å². The van der Waals surface area contributed by atoms with E-state index in [1.54, 1.807) is 30.2 Å². The highest BCUT2D eigenvalue weighted by Crippen LogP contribution is 2.13. The molecule has 1 amide bonds. The molecule has 1 saturated heterocycles. The van der Waals surface area contributed by atoms with Crippen LogP contribution in [-0.2, 0) is 16.0 Å². The van der Waals surface area contributed by atoms with E-state index >= 15 is 0 Å². The molecule has 1 fully saturated rings. The number of amides is 1. The number of aryl methyl sites for hydroxylation is 1. The number of H-pyrrole nitrogens is 1. The van der Waals surface area contributed by atoms with Crippen LogP contribution < -0.4 is 5.56 Å². The van der Waals surface area contributed by atoms with Crippen LogP contribution in [-0.4, -0.2) is 51.6 Å². The first-order valence-electron chi connectivity index (χ1n) is 8.49. The topological polar surface area (TPSA) is 88.2 Å². The molecule has 1 N–H and O–H groups in total. The Morgan fingerprint density at radius 2 is 2.28 bits per heavy atom. The second-order valence-electron chi connectivity index (χ2n) is 6.11. The van der Waals surface area contributed by atoms with Crippen molar-refractivity contribution in [3.05, 3.63) is 46.0 Å². The summed E-state index contributed by atoms with van der Waals surface area (Å²) in [6.45, 7) is 5.46. The molecule has 0 aromatic carbocycles. The molecular formula is C18H22N4O3. The van der Waals surface area contributed by atoms with Gasteiger partial charge in [0.25, 0.3) is 5.56 Å². The third kappa shape index (κ3) is 3.93. The molecule has 1 aliphatic rings. The highest BCUT2D eigenvalue weighted by molar-refractivity contribution is 5.79. The number of carbonyl (C=O) groups excluding carboxylic acids is 1. The summed E-state index contributed by atoms with van der Waals surface area (Å²) in [6, 6.07) is 5.41. The SMILES string of the molecule is CCC1CN(C(=O)Cc2c(C)nc(-c3ccccn3)[nH]c2=O)CCO1. The van der Waals surface area contributed by atoms with Crippen LogP contribution in [0.5, 0.6) is 0 Å². The Morgan fingerprint density at radius 1 is 1.44 bits per heavy atom. The molecule has 1 aliphatic heterocycles. The monoisotopic (exact) mass is 342 g/mol. The number of hydrogen-bond donors (Lipinski definition) is 1. The van der Waals surface area contributed by atoms with Crippen molar-refractivity contribution < 1.29 is 9.53 Å². The van der Waals surface area contributed by atoms with Gasteiger partial charge in [-0.1, -0.05) is 13.0 Å². The van der Waals surface area contributed by atoms with E-state index in [1.807, 2.05) is 13.0 Å². The number of pyridine rings is 1. The molecule has 25 heavy (non-hydrogen) atoms. The first-order valence-corrected chi connectivity index (χ1v) is 8.49. The van der Waals surface area contributed by atoms with Crippen LogP contribution in [0.1, 0.15) is 24.6 Å². The lowest BCUT2D eigenvalue weighted by molar-refractivity contribution is -0.138. The van der Waals surface area contributed by atoms with Gasteiger partial charge in [0.15, 0.2) is 5.82 Å². The Morgan fingerprint density at radius 3 is 2.96 bits per heavy atom. The first kappa shape index (κ1) is 17.3. The van der Waals surface area contributed by atoms with E-state index in [2.05, 4.69) is 15.0 Å². The van der Waals surface area contributed by atoms with Gasteiger partial charge in [-0.15, -0.1) is 0 Å². The predicted molar refractivity (Wildman–Crippen MR) is 93.1 cm³/mol. The Labute approximate surface area is 146 Å². The number of carbonyl (C=O) groups is 1. The van der Waals surface area contributed by atoms with Gasteiger partial charge in [0.1, 0.15) is 5.69 Å². The number of ether oxygens (including phenoxy) is 1. The fraction of sp³-hybridized carbons (Fsp3) is 0.444. The van der Waals surface area contributed by atoms with Gasteiger partial charge in [0.05, 0.1) is 19.1 Å². The summed E-state index contributed by atoms with van der Waals surface area (Å²) in [6.07, 6.45) is 2.63. The van der Waals surface area contributed by atoms with E-state index in [1.165, 1.54) is 0 Å². The molecule has 7 nitrogen and oxygen atoms in total. The fourth-order valence-electron chi connectivity index (χ4n) is 2.90. The standard InChI is InChI=1S/C18H22N4O3/c1-3-13-11-22(8-9-25-13)16(23)10-14-12(2)20-17(21-18(14)24)15-6-4-5-7-19-15/h4-7,13H,3,8-11H2,1-2H3,(H,20,21,24). The zero-order valence-electron chi connectivity index (χ0n) is 14.5. The smallest absolute Gasteiger partial charge is 0.255 e. The van der Waals surface area contributed by atoms with Crippen LogP contribution >= 0.6 is 0 Å². The summed E-state index contributed by atoms with van der Waals surface area (Å²) in [5.41, 5.74) is 1.27. The molecule has 3 rings (SSSR count). The summed E-state index contributed by atoms with van der Waals surface area (Å²) in [5, 5.41) is 0. The lowest BCUT2D eigenvalue weighted by Crippen LogP contribution is -2.46. The zero-order valence-corrected chi connectivity index (χ0v) is 14.5. The minimum Gasteiger partial charge on any atom is -0.375 e. The van der Waals surface area contributed by atoms with Crippen LogP contribution in [0.15, 0.2) is 29.2 Å². The number of nitrogens with one attached hydrogen (secondary N) is 1. The van der Waals surface area contributed by atoms with E-state index in [4.69, 9.17) is 4.74 Å². The largest absolute Gasteiger partial charge is 0.375 e. The van der Waals surface area contributed by atoms with E-state index in [0.717, 1.165) is 6.42 Å². The Hall–Kier alpha value is -2.54. The van der Waals surface area contributed by atoms with Crippen molar-refractivity contribution in [3.63, 3.8) is 0 Å². The number of aromatic amines is 1. The summed E-state index contributed by atoms with van der Waals surface area (Å²) >= 11 is 0. The molecule has 2 aromatic rings. The normalized spacial score (nSPS) is 17.5. The van der Waals surface area contributed by atoms with Crippen molar-refractivity contribution in [1.29, 1.82) is 0 Å². The van der Waals surface area contributed by atoms with E-state index in [-0.39, 0.29) is 24.0 Å². The maximum Gasteiger partial charge on any atom is 0.255 e. The van der Waals surface area contributed by atoms with Crippen molar-refractivity contribution in [2.24, 2.45) is 0 Å². The minimum absolute atomic E-state index is 0.0487. The van der Waals surface area contributed by atoms with Gasteiger partial charge in [-0.2, -0.15) is 0 Å². The molecule has 1 unspecified atom stereocenters. The van der Waals surface area contributed by atoms with E-state index in [9.17, 15) is 9.59 Å². The number of aromatic nitrogens is 3. The quantitative estimate of drug-likeness (QED) is 0.905. The molecule has 0 radical (unpaired) electrons. The zero-order chi connectivity index (χ0) is 17.8. The number of morpholine rings is 1. The summed E-state index contributed by atoms with van der Waals surface area (Å²) in [5.74, 6) is 0.347. The second-order valence-corrected chi connectivity index (χ2v) is 6.11. The van der Waals surface area contributed by atoms with Crippen molar-refractivity contribution in [2.45, 2.75) is 32.8 Å². The maximum atomic E-state index is 12.6. The van der Waals surface area contributed by atoms with Crippen molar-refractivity contribution in [3.8, 4) is 11.5 Å². The summed E-state index contributed by atoms with van der Waals surface area (Å²) < 4.78 is 5.59. The lowest BCUT2D eigenvalue weighted by atomic mass is 10.1. The van der Waals surface area contributed by atoms with Crippen molar-refractivity contribution in [1.82, 2.24) is 19.9 Å². The second kappa shape index (κ2) is 7.57. The molecular weight excluding hydrogens is 320 g/mol. The first-order chi connectivity index (χ1) is 12.1. The van der Waals surface area contributed by atoms with Gasteiger partial charge >= 0.3 is 0 Å². The highest BCUT2D eigenvalue weighted by atomic mass is 16.5. The van der Waals surface area contributed by atoms with Gasteiger partial charge < -0.3 is 14.6 Å². The highest BCUT2D eigenvalue weighted by Gasteiger charge is 2.24. The van der Waals surface area contributed by atoms with Crippen LogP contribution in [0.2, 0.25) is 0 Å². The molecule has 132 valence electrons. The summed E-state index contributed by atoms with van der Waals surface area (Å²) in [4.78, 5) is 38.1. The third-order valence-electron chi connectivity index (χ3n) is 4.40. The average molecular weight is 342 g/mol. The molecule has 0 bridgehead atoms. The Bertz CT molecular complexity index is 804. The number of hydrogen-bond acceptors (Lipinski definition) is 5. The average Bonchev–Trinajstić information content (AvgIpc) is 2.65. The van der Waals surface area contributed by atoms with Crippen LogP contribution in [0.4, 0.5) is 0 Å². The van der Waals surface area contributed by atoms with Crippen LogP contribution in [0.25, 0.3) is 11.5 Å². The third-order valence-corrected chi connectivity index (χ3v) is 4.40. The van der Waals surface area contributed by atoms with Crippen LogP contribution in [0.3, 0.4) is 0 Å². The molecule has 1 atom stereocenters. The van der Waals surface area contributed by atoms with Gasteiger partial charge in [-0.25, -0.2) is 4.98 Å². The molecule has 2 aromatic heterocycles.